The first-order chi connectivity index (χ1) is 3.68. The molecule has 0 spiro atoms. The van der Waals surface area contributed by atoms with Crippen LogP contribution in [0.15, 0.2) is 0 Å². The summed E-state index contributed by atoms with van der Waals surface area (Å²) in [6.07, 6.45) is 0. The zero-order valence-electron chi connectivity index (χ0n) is 5.05. The summed E-state index contributed by atoms with van der Waals surface area (Å²) in [6, 6.07) is 0. The molecule has 0 aromatic heterocycles. The Hall–Kier alpha value is 0.150. The highest BCUT2D eigenvalue weighted by molar-refractivity contribution is 7.80. The molecule has 0 rings (SSSR count). The van der Waals surface area contributed by atoms with Gasteiger partial charge in [0.1, 0.15) is 0 Å². The predicted molar refractivity (Wildman–Crippen MR) is 42.0 cm³/mol. The molecule has 0 unspecified atom stereocenters. The van der Waals surface area contributed by atoms with Gasteiger partial charge in [0.15, 0.2) is 0 Å². The molecular formula is C5H10OS2. The van der Waals surface area contributed by atoms with E-state index in [1.54, 1.807) is 0 Å². The van der Waals surface area contributed by atoms with Crippen molar-refractivity contribution in [2.24, 2.45) is 5.92 Å². The molecule has 0 saturated carbocycles. The molecule has 0 aliphatic carbocycles. The molecule has 1 nitrogen and oxygen atoms in total. The number of thiol groups is 1. The Morgan fingerprint density at radius 1 is 1.75 bits per heavy atom. The van der Waals surface area contributed by atoms with Gasteiger partial charge in [0.25, 0.3) is 0 Å². The highest BCUT2D eigenvalue weighted by Crippen LogP contribution is 1.90. The topological polar surface area (TPSA) is 17.1 Å². The van der Waals surface area contributed by atoms with Gasteiger partial charge in [-0.2, -0.15) is 12.6 Å². The summed E-state index contributed by atoms with van der Waals surface area (Å²) < 4.78 is 0. The molecule has 0 N–H and O–H groups in total. The van der Waals surface area contributed by atoms with Gasteiger partial charge in [-0.25, -0.2) is 4.79 Å². The maximum atomic E-state index is 8.50. The summed E-state index contributed by atoms with van der Waals surface area (Å²) >= 11 is 7.60. The molecule has 0 amide bonds. The lowest BCUT2D eigenvalue weighted by Crippen LogP contribution is -1.83. The number of hydrogen-bond acceptors (Lipinski definition) is 3. The van der Waals surface area contributed by atoms with Crippen LogP contribution in [0.2, 0.25) is 0 Å². The Morgan fingerprint density at radius 2 is 1.88 bits per heavy atom. The molecule has 3 heteroatoms. The SMILES string of the molecule is CC(C)CS.O=C=S. The smallest absolute Gasteiger partial charge is 0.202 e. The van der Waals surface area contributed by atoms with Crippen molar-refractivity contribution >= 4 is 30.1 Å². The Morgan fingerprint density at radius 3 is 1.88 bits per heavy atom. The van der Waals surface area contributed by atoms with Crippen LogP contribution in [-0.4, -0.2) is 11.0 Å². The zero-order chi connectivity index (χ0) is 6.99. The van der Waals surface area contributed by atoms with Gasteiger partial charge >= 0.3 is 0 Å². The van der Waals surface area contributed by atoms with Gasteiger partial charge in [-0.15, -0.1) is 0 Å². The van der Waals surface area contributed by atoms with Gasteiger partial charge in [0.05, 0.1) is 0 Å². The molecule has 0 atom stereocenters. The quantitative estimate of drug-likeness (QED) is 0.453. The fourth-order valence-electron chi connectivity index (χ4n) is 0. The molecule has 0 aliphatic rings. The first-order valence-corrected chi connectivity index (χ1v) is 3.33. The summed E-state index contributed by atoms with van der Waals surface area (Å²) in [4.78, 5) is 8.50. The van der Waals surface area contributed by atoms with Gasteiger partial charge < -0.3 is 0 Å². The molecule has 0 saturated heterocycles. The van der Waals surface area contributed by atoms with E-state index in [1.807, 2.05) is 0 Å². The fourth-order valence-corrected chi connectivity index (χ4v) is 0. The third kappa shape index (κ3) is 35.3. The van der Waals surface area contributed by atoms with Crippen LogP contribution in [0.4, 0.5) is 0 Å². The summed E-state index contributed by atoms with van der Waals surface area (Å²) in [7, 11) is 0. The number of carbonyl (C=O) groups excluding carboxylic acids is 1. The minimum Gasteiger partial charge on any atom is -0.220 e. The van der Waals surface area contributed by atoms with E-state index in [0.717, 1.165) is 16.9 Å². The standard InChI is InChI=1S/C4H10S.COS/c1-4(2)3-5;2-1-3/h4-5H,3H2,1-2H3;. The summed E-state index contributed by atoms with van der Waals surface area (Å²) in [6.45, 7) is 4.29. The summed E-state index contributed by atoms with van der Waals surface area (Å²) in [5.74, 6) is 1.75. The lowest BCUT2D eigenvalue weighted by Gasteiger charge is -1.89. The van der Waals surface area contributed by atoms with Crippen LogP contribution in [0.5, 0.6) is 0 Å². The van der Waals surface area contributed by atoms with Crippen LogP contribution in [0.25, 0.3) is 0 Å². The first kappa shape index (κ1) is 11.0. The van der Waals surface area contributed by atoms with Crippen molar-refractivity contribution in [1.29, 1.82) is 0 Å². The number of rotatable bonds is 1. The maximum Gasteiger partial charge on any atom is 0.202 e. The Bertz CT molecular complexity index is 64.8. The van der Waals surface area contributed by atoms with Crippen LogP contribution in [-0.2, 0) is 4.79 Å². The van der Waals surface area contributed by atoms with E-state index >= 15 is 0 Å². The Balaban J connectivity index is 0. The Labute approximate surface area is 60.9 Å². The second-order valence-corrected chi connectivity index (χ2v) is 2.19. The van der Waals surface area contributed by atoms with Gasteiger partial charge in [-0.3, -0.25) is 0 Å². The van der Waals surface area contributed by atoms with Crippen LogP contribution >= 0.6 is 24.8 Å². The van der Waals surface area contributed by atoms with Crippen molar-refractivity contribution in [3.05, 3.63) is 0 Å². The monoisotopic (exact) mass is 150 g/mol. The van der Waals surface area contributed by atoms with Crippen molar-refractivity contribution in [1.82, 2.24) is 0 Å². The predicted octanol–water partition coefficient (Wildman–Crippen LogP) is 1.82. The average molecular weight is 150 g/mol. The van der Waals surface area contributed by atoms with Crippen LogP contribution < -0.4 is 0 Å². The van der Waals surface area contributed by atoms with E-state index in [0.29, 0.717) is 0 Å². The molecule has 8 heavy (non-hydrogen) atoms. The number of thiocarbonyl (C=S) groups is 1. The third-order valence-corrected chi connectivity index (χ3v) is 1.10. The van der Waals surface area contributed by atoms with E-state index in [9.17, 15) is 0 Å². The largest absolute Gasteiger partial charge is 0.220 e. The van der Waals surface area contributed by atoms with Crippen molar-refractivity contribution in [2.75, 3.05) is 5.75 Å². The van der Waals surface area contributed by atoms with Gasteiger partial charge in [0, 0.05) is 12.2 Å². The van der Waals surface area contributed by atoms with Crippen LogP contribution in [0.3, 0.4) is 0 Å². The van der Waals surface area contributed by atoms with Crippen molar-refractivity contribution in [3.8, 4) is 0 Å². The summed E-state index contributed by atoms with van der Waals surface area (Å²) in [5, 5.41) is 1.08. The van der Waals surface area contributed by atoms with Crippen molar-refractivity contribution < 1.29 is 4.79 Å². The van der Waals surface area contributed by atoms with E-state index < -0.39 is 0 Å². The average Bonchev–Trinajstić information content (AvgIpc) is 1.69. The van der Waals surface area contributed by atoms with Gasteiger partial charge in [-0.1, -0.05) is 13.8 Å². The molecule has 48 valence electrons. The second-order valence-electron chi connectivity index (χ2n) is 1.66. The van der Waals surface area contributed by atoms with Gasteiger partial charge in [-0.05, 0) is 11.7 Å². The lowest BCUT2D eigenvalue weighted by atomic mass is 10.3. The normalized spacial score (nSPS) is 7.00. The molecule has 0 aromatic rings. The van der Waals surface area contributed by atoms with Crippen LogP contribution in [0.1, 0.15) is 13.8 Å². The van der Waals surface area contributed by atoms with E-state index in [4.69, 9.17) is 4.79 Å². The maximum absolute atomic E-state index is 8.50. The number of hydrogen-bond donors (Lipinski definition) is 1. The Kier molecular flexibility index (Phi) is 14.0. The minimum absolute atomic E-state index is 0.748. The molecular weight excluding hydrogens is 140 g/mol. The van der Waals surface area contributed by atoms with E-state index in [2.05, 4.69) is 38.7 Å². The first-order valence-electron chi connectivity index (χ1n) is 2.29. The highest BCUT2D eigenvalue weighted by Gasteiger charge is 1.80. The molecule has 0 aromatic carbocycles. The van der Waals surface area contributed by atoms with Gasteiger partial charge in [0.2, 0.25) is 5.23 Å². The minimum atomic E-state index is 0.748. The van der Waals surface area contributed by atoms with E-state index in [-0.39, 0.29) is 0 Å². The second kappa shape index (κ2) is 10.2. The molecule has 0 fully saturated rings. The highest BCUT2D eigenvalue weighted by atomic mass is 32.1. The summed E-state index contributed by atoms with van der Waals surface area (Å²) in [5.41, 5.74) is 0. The zero-order valence-corrected chi connectivity index (χ0v) is 6.76. The fraction of sp³-hybridized carbons (Fsp3) is 0.800. The van der Waals surface area contributed by atoms with E-state index in [1.165, 1.54) is 0 Å². The van der Waals surface area contributed by atoms with Crippen molar-refractivity contribution in [3.63, 3.8) is 0 Å². The third-order valence-electron chi connectivity index (χ3n) is 0.365. The van der Waals surface area contributed by atoms with Crippen LogP contribution in [0, 0.1) is 5.92 Å². The van der Waals surface area contributed by atoms with Crippen molar-refractivity contribution in [2.45, 2.75) is 13.8 Å². The molecule has 0 bridgehead atoms. The molecule has 0 aliphatic heterocycles. The molecule has 0 radical (unpaired) electrons. The lowest BCUT2D eigenvalue weighted by molar-refractivity contribution is 0.572. The molecule has 0 heterocycles.